The van der Waals surface area contributed by atoms with E-state index < -0.39 is 17.5 Å². The zero-order valence-corrected chi connectivity index (χ0v) is 10.1. The fraction of sp³-hybridized carbons (Fsp3) is 0.462. The molecular weight excluding hydrogens is 254 g/mol. The quantitative estimate of drug-likeness (QED) is 0.834. The number of hydrogen-bond acceptors (Lipinski definition) is 3. The fourth-order valence-corrected chi connectivity index (χ4v) is 2.84. The van der Waals surface area contributed by atoms with Crippen LogP contribution in [-0.4, -0.2) is 30.7 Å². The summed E-state index contributed by atoms with van der Waals surface area (Å²) in [5, 5.41) is 2.63. The number of hydrogen-bond donors (Lipinski definition) is 2. The van der Waals surface area contributed by atoms with Crippen LogP contribution in [0.1, 0.15) is 16.8 Å². The summed E-state index contributed by atoms with van der Waals surface area (Å²) in [6, 6.07) is 2.99. The van der Waals surface area contributed by atoms with Gasteiger partial charge in [0, 0.05) is 18.6 Å². The summed E-state index contributed by atoms with van der Waals surface area (Å²) >= 11 is 0. The number of benzene rings is 1. The molecule has 1 aromatic rings. The van der Waals surface area contributed by atoms with Gasteiger partial charge in [-0.15, -0.1) is 0 Å². The lowest BCUT2D eigenvalue weighted by Crippen LogP contribution is -2.69. The molecule has 0 aromatic heterocycles. The maximum atomic E-state index is 13.5. The lowest BCUT2D eigenvalue weighted by Gasteiger charge is -2.45. The highest BCUT2D eigenvalue weighted by Crippen LogP contribution is 2.37. The number of ether oxygens (including phenoxy) is 1. The van der Waals surface area contributed by atoms with E-state index in [4.69, 9.17) is 10.5 Å². The Morgan fingerprint density at radius 2 is 2.21 bits per heavy atom. The minimum Gasteiger partial charge on any atom is -0.376 e. The summed E-state index contributed by atoms with van der Waals surface area (Å²) in [5.41, 5.74) is 5.63. The second-order valence-corrected chi connectivity index (χ2v) is 4.97. The van der Waals surface area contributed by atoms with Crippen LogP contribution in [0.15, 0.2) is 18.2 Å². The first kappa shape index (κ1) is 12.5. The van der Waals surface area contributed by atoms with E-state index in [1.165, 1.54) is 12.1 Å². The number of nitrogens with two attached hydrogens (primary N) is 1. The van der Waals surface area contributed by atoms with Gasteiger partial charge in [-0.05, 0) is 18.6 Å². The van der Waals surface area contributed by atoms with E-state index in [-0.39, 0.29) is 29.7 Å². The summed E-state index contributed by atoms with van der Waals surface area (Å²) in [4.78, 5) is 11.9. The Kier molecular flexibility index (Phi) is 2.99. The molecule has 2 aliphatic rings. The molecule has 1 aromatic carbocycles. The van der Waals surface area contributed by atoms with E-state index in [9.17, 15) is 13.6 Å². The van der Waals surface area contributed by atoms with E-state index in [1.807, 2.05) is 0 Å². The topological polar surface area (TPSA) is 64.3 Å². The molecule has 4 nitrogen and oxygen atoms in total. The number of nitrogens with one attached hydrogen (secondary N) is 1. The van der Waals surface area contributed by atoms with Gasteiger partial charge < -0.3 is 15.8 Å². The molecule has 1 aliphatic carbocycles. The number of halogens is 2. The smallest absolute Gasteiger partial charge is 0.254 e. The van der Waals surface area contributed by atoms with Crippen molar-refractivity contribution >= 4 is 5.91 Å². The Hall–Kier alpha value is -1.53. The van der Waals surface area contributed by atoms with Gasteiger partial charge in [0.15, 0.2) is 11.6 Å². The standard InChI is InChI=1S/C13H14F2N2O2/c14-8-3-1-2-6(9(8)15)13(18)17-11-10(16)7-4-5-19-12(7)11/h1-3,7,10-12H,4-5,16H2,(H,17,18). The van der Waals surface area contributed by atoms with Crippen LogP contribution in [0.25, 0.3) is 0 Å². The van der Waals surface area contributed by atoms with Crippen LogP contribution in [0.5, 0.6) is 0 Å². The number of carbonyl (C=O) groups excluding carboxylic acids is 1. The van der Waals surface area contributed by atoms with Gasteiger partial charge in [-0.25, -0.2) is 8.78 Å². The van der Waals surface area contributed by atoms with Crippen LogP contribution >= 0.6 is 0 Å². The molecule has 4 atom stereocenters. The predicted octanol–water partition coefficient (Wildman–Crippen LogP) is 0.809. The predicted molar refractivity (Wildman–Crippen MR) is 63.4 cm³/mol. The lowest BCUT2D eigenvalue weighted by atomic mass is 9.72. The molecule has 3 rings (SSSR count). The van der Waals surface area contributed by atoms with Crippen molar-refractivity contribution in [2.75, 3.05) is 6.61 Å². The molecule has 3 N–H and O–H groups in total. The van der Waals surface area contributed by atoms with Crippen molar-refractivity contribution in [3.05, 3.63) is 35.4 Å². The third-order valence-electron chi connectivity index (χ3n) is 3.94. The van der Waals surface area contributed by atoms with Crippen LogP contribution in [0.2, 0.25) is 0 Å². The molecule has 1 aliphatic heterocycles. The highest BCUT2D eigenvalue weighted by atomic mass is 19.2. The van der Waals surface area contributed by atoms with Crippen LogP contribution < -0.4 is 11.1 Å². The minimum atomic E-state index is -1.14. The average molecular weight is 268 g/mol. The minimum absolute atomic E-state index is 0.101. The summed E-state index contributed by atoms with van der Waals surface area (Å²) in [6.45, 7) is 0.629. The highest BCUT2D eigenvalue weighted by molar-refractivity contribution is 5.94. The van der Waals surface area contributed by atoms with Crippen LogP contribution in [0.3, 0.4) is 0 Å². The van der Waals surface area contributed by atoms with E-state index >= 15 is 0 Å². The fourth-order valence-electron chi connectivity index (χ4n) is 2.84. The second kappa shape index (κ2) is 4.54. The van der Waals surface area contributed by atoms with E-state index in [0.29, 0.717) is 6.61 Å². The molecule has 1 saturated carbocycles. The molecule has 1 amide bonds. The van der Waals surface area contributed by atoms with Crippen molar-refractivity contribution < 1.29 is 18.3 Å². The summed E-state index contributed by atoms with van der Waals surface area (Å²) in [5.74, 6) is -2.59. The summed E-state index contributed by atoms with van der Waals surface area (Å²) < 4.78 is 32.0. The molecular formula is C13H14F2N2O2. The van der Waals surface area contributed by atoms with Gasteiger partial charge >= 0.3 is 0 Å². The van der Waals surface area contributed by atoms with Crippen molar-refractivity contribution in [1.82, 2.24) is 5.32 Å². The first-order valence-electron chi connectivity index (χ1n) is 6.21. The van der Waals surface area contributed by atoms with E-state index in [1.54, 1.807) is 0 Å². The number of amides is 1. The van der Waals surface area contributed by atoms with Gasteiger partial charge in [0.2, 0.25) is 0 Å². The first-order chi connectivity index (χ1) is 9.09. The van der Waals surface area contributed by atoms with Gasteiger partial charge in [-0.3, -0.25) is 4.79 Å². The average Bonchev–Trinajstić information content (AvgIpc) is 2.83. The largest absolute Gasteiger partial charge is 0.376 e. The normalized spacial score (nSPS) is 32.6. The Labute approximate surface area is 108 Å². The molecule has 6 heteroatoms. The SMILES string of the molecule is NC1C2CCOC2C1NC(=O)c1cccc(F)c1F. The third kappa shape index (κ3) is 1.91. The zero-order valence-electron chi connectivity index (χ0n) is 10.1. The summed E-state index contributed by atoms with van der Waals surface area (Å²) in [7, 11) is 0. The Morgan fingerprint density at radius 3 is 3.00 bits per heavy atom. The molecule has 0 spiro atoms. The number of fused-ring (bicyclic) bond motifs is 1. The number of rotatable bonds is 2. The van der Waals surface area contributed by atoms with Gasteiger partial charge in [0.05, 0.1) is 17.7 Å². The molecule has 4 unspecified atom stereocenters. The molecule has 1 heterocycles. The van der Waals surface area contributed by atoms with Crippen molar-refractivity contribution in [2.45, 2.75) is 24.6 Å². The Bertz CT molecular complexity index is 523. The lowest BCUT2D eigenvalue weighted by molar-refractivity contribution is -0.0161. The first-order valence-corrected chi connectivity index (χ1v) is 6.21. The second-order valence-electron chi connectivity index (χ2n) is 4.97. The van der Waals surface area contributed by atoms with Crippen molar-refractivity contribution in [3.8, 4) is 0 Å². The van der Waals surface area contributed by atoms with Gasteiger partial charge in [0.25, 0.3) is 5.91 Å². The monoisotopic (exact) mass is 268 g/mol. The van der Waals surface area contributed by atoms with E-state index in [0.717, 1.165) is 12.5 Å². The Morgan fingerprint density at radius 1 is 1.42 bits per heavy atom. The van der Waals surface area contributed by atoms with Crippen molar-refractivity contribution in [1.29, 1.82) is 0 Å². The zero-order chi connectivity index (χ0) is 13.6. The van der Waals surface area contributed by atoms with Crippen LogP contribution in [0.4, 0.5) is 8.78 Å². The van der Waals surface area contributed by atoms with Gasteiger partial charge in [-0.2, -0.15) is 0 Å². The maximum absolute atomic E-state index is 13.5. The summed E-state index contributed by atoms with van der Waals surface area (Å²) in [6.07, 6.45) is 0.780. The van der Waals surface area contributed by atoms with E-state index in [2.05, 4.69) is 5.32 Å². The molecule has 0 bridgehead atoms. The Balaban J connectivity index is 1.73. The van der Waals surface area contributed by atoms with Gasteiger partial charge in [-0.1, -0.05) is 6.07 Å². The van der Waals surface area contributed by atoms with Crippen molar-refractivity contribution in [3.63, 3.8) is 0 Å². The molecule has 0 radical (unpaired) electrons. The number of carbonyl (C=O) groups is 1. The van der Waals surface area contributed by atoms with Crippen LogP contribution in [0, 0.1) is 17.6 Å². The van der Waals surface area contributed by atoms with Gasteiger partial charge in [0.1, 0.15) is 0 Å². The van der Waals surface area contributed by atoms with Crippen molar-refractivity contribution in [2.24, 2.45) is 11.7 Å². The third-order valence-corrected chi connectivity index (χ3v) is 3.94. The molecule has 102 valence electrons. The highest BCUT2D eigenvalue weighted by Gasteiger charge is 2.52. The molecule has 19 heavy (non-hydrogen) atoms. The maximum Gasteiger partial charge on any atom is 0.254 e. The molecule has 2 fully saturated rings. The molecule has 1 saturated heterocycles. The van der Waals surface area contributed by atoms with Crippen LogP contribution in [-0.2, 0) is 4.74 Å².